The Morgan fingerprint density at radius 2 is 2.14 bits per heavy atom. The lowest BCUT2D eigenvalue weighted by Gasteiger charge is -2.38. The predicted molar refractivity (Wildman–Crippen MR) is 107 cm³/mol. The van der Waals surface area contributed by atoms with Crippen LogP contribution in [0.3, 0.4) is 0 Å². The van der Waals surface area contributed by atoms with Gasteiger partial charge in [0.05, 0.1) is 18.2 Å². The molecule has 29 heavy (non-hydrogen) atoms. The van der Waals surface area contributed by atoms with Crippen molar-refractivity contribution in [2.75, 3.05) is 19.8 Å². The second kappa shape index (κ2) is 8.65. The van der Waals surface area contributed by atoms with Crippen LogP contribution < -0.4 is 9.46 Å². The van der Waals surface area contributed by atoms with E-state index in [-0.39, 0.29) is 22.6 Å². The molecule has 2 fully saturated rings. The Kier molecular flexibility index (Phi) is 6.17. The molecule has 156 valence electrons. The lowest BCUT2D eigenvalue weighted by Crippen LogP contribution is -2.48. The van der Waals surface area contributed by atoms with Crippen LogP contribution >= 0.6 is 11.6 Å². The molecule has 1 saturated heterocycles. The van der Waals surface area contributed by atoms with Crippen LogP contribution in [-0.4, -0.2) is 39.1 Å². The van der Waals surface area contributed by atoms with E-state index in [2.05, 4.69) is 9.71 Å². The minimum Gasteiger partial charge on any atom is -0.760 e. The van der Waals surface area contributed by atoms with E-state index in [9.17, 15) is 13.2 Å². The van der Waals surface area contributed by atoms with Crippen molar-refractivity contribution in [3.63, 3.8) is 0 Å². The molecule has 2 aromatic rings. The highest BCUT2D eigenvalue weighted by atomic mass is 35.5. The maximum Gasteiger partial charge on any atom is 0.150 e. The highest BCUT2D eigenvalue weighted by Crippen LogP contribution is 2.48. The first-order valence-electron chi connectivity index (χ1n) is 9.46. The third kappa shape index (κ3) is 4.78. The van der Waals surface area contributed by atoms with Gasteiger partial charge in [0.25, 0.3) is 0 Å². The van der Waals surface area contributed by atoms with E-state index in [0.717, 1.165) is 19.3 Å². The summed E-state index contributed by atoms with van der Waals surface area (Å²) in [6.07, 6.45) is 3.86. The van der Waals surface area contributed by atoms with Crippen molar-refractivity contribution in [2.24, 2.45) is 11.8 Å². The fourth-order valence-electron chi connectivity index (χ4n) is 3.98. The van der Waals surface area contributed by atoms with Crippen LogP contribution in [0.15, 0.2) is 36.5 Å². The van der Waals surface area contributed by atoms with Gasteiger partial charge in [0, 0.05) is 47.0 Å². The molecule has 0 bridgehead atoms. The highest BCUT2D eigenvalue weighted by Gasteiger charge is 2.53. The molecule has 1 N–H and O–H groups in total. The Labute approximate surface area is 176 Å². The van der Waals surface area contributed by atoms with Crippen LogP contribution in [0.1, 0.15) is 19.3 Å². The smallest absolute Gasteiger partial charge is 0.150 e. The number of aromatic nitrogens is 1. The Morgan fingerprint density at radius 3 is 2.79 bits per heavy atom. The van der Waals surface area contributed by atoms with Crippen molar-refractivity contribution in [2.45, 2.75) is 24.8 Å². The summed E-state index contributed by atoms with van der Waals surface area (Å²) in [6.45, 7) is 1.63. The number of ether oxygens (including phenoxy) is 2. The summed E-state index contributed by atoms with van der Waals surface area (Å²) in [4.78, 5) is 4.05. The molecule has 1 aliphatic heterocycles. The van der Waals surface area contributed by atoms with Gasteiger partial charge >= 0.3 is 0 Å². The zero-order valence-electron chi connectivity index (χ0n) is 15.6. The molecule has 0 amide bonds. The topological polar surface area (TPSA) is 83.5 Å². The van der Waals surface area contributed by atoms with Crippen LogP contribution in [0.2, 0.25) is 5.02 Å². The molecule has 2 heterocycles. The van der Waals surface area contributed by atoms with Crippen molar-refractivity contribution in [1.29, 1.82) is 0 Å². The average molecular weight is 440 g/mol. The van der Waals surface area contributed by atoms with E-state index < -0.39 is 22.6 Å². The number of hydrogen-bond acceptors (Lipinski definition) is 5. The van der Waals surface area contributed by atoms with Gasteiger partial charge in [-0.25, -0.2) is 9.11 Å². The fourth-order valence-corrected chi connectivity index (χ4v) is 4.81. The molecular formula is C20H21ClFN2O4S-. The highest BCUT2D eigenvalue weighted by molar-refractivity contribution is 7.77. The summed E-state index contributed by atoms with van der Waals surface area (Å²) in [5.74, 6) is 0.464. The number of nitrogens with one attached hydrogen (secondary N) is 1. The Morgan fingerprint density at radius 1 is 1.38 bits per heavy atom. The monoisotopic (exact) mass is 439 g/mol. The largest absolute Gasteiger partial charge is 0.760 e. The Hall–Kier alpha value is -1.58. The van der Waals surface area contributed by atoms with Crippen LogP contribution in [0.4, 0.5) is 4.39 Å². The number of hydrogen-bond donors (Lipinski definition) is 1. The summed E-state index contributed by atoms with van der Waals surface area (Å²) >= 11 is 3.46. The van der Waals surface area contributed by atoms with Crippen molar-refractivity contribution in [1.82, 2.24) is 9.71 Å². The first kappa shape index (κ1) is 20.7. The van der Waals surface area contributed by atoms with E-state index >= 15 is 0 Å². The third-order valence-corrected chi connectivity index (χ3v) is 6.46. The lowest BCUT2D eigenvalue weighted by molar-refractivity contribution is -0.0159. The molecule has 6 nitrogen and oxygen atoms in total. The Bertz CT molecular complexity index is 895. The molecule has 1 saturated carbocycles. The summed E-state index contributed by atoms with van der Waals surface area (Å²) < 4.78 is 50.6. The molecule has 3 atom stereocenters. The molecule has 1 aromatic carbocycles. The van der Waals surface area contributed by atoms with Crippen LogP contribution in [0, 0.1) is 17.7 Å². The molecule has 4 rings (SSSR count). The summed E-state index contributed by atoms with van der Waals surface area (Å²) in [5.41, 5.74) is 0.468. The van der Waals surface area contributed by atoms with Gasteiger partial charge in [-0.1, -0.05) is 11.6 Å². The first-order chi connectivity index (χ1) is 14.0. The molecule has 1 unspecified atom stereocenters. The van der Waals surface area contributed by atoms with E-state index in [4.69, 9.17) is 21.1 Å². The van der Waals surface area contributed by atoms with Crippen LogP contribution in [0.25, 0.3) is 11.3 Å². The van der Waals surface area contributed by atoms with Gasteiger partial charge in [-0.15, -0.1) is 0 Å². The van der Waals surface area contributed by atoms with E-state index in [0.29, 0.717) is 31.1 Å². The maximum atomic E-state index is 14.0. The second-order valence-electron chi connectivity index (χ2n) is 7.54. The summed E-state index contributed by atoms with van der Waals surface area (Å²) in [5, 5.41) is 0.251. The van der Waals surface area contributed by atoms with Gasteiger partial charge in [-0.05, 0) is 49.6 Å². The molecular weight excluding hydrogens is 419 g/mol. The second-order valence-corrected chi connectivity index (χ2v) is 8.65. The zero-order chi connectivity index (χ0) is 20.4. The zero-order valence-corrected chi connectivity index (χ0v) is 17.2. The SMILES string of the molecule is O=S([O-])NC1([C@@H]2COCC[C@@H]2COc2ccc(-c3ncc(Cl)cc3F)cc2)CC1. The average Bonchev–Trinajstić information content (AvgIpc) is 3.47. The van der Waals surface area contributed by atoms with Gasteiger partial charge in [0.1, 0.15) is 11.4 Å². The molecule has 1 aliphatic carbocycles. The minimum atomic E-state index is -2.29. The van der Waals surface area contributed by atoms with E-state index in [1.807, 2.05) is 0 Å². The standard InChI is InChI=1S/C20H22ClFN2O4S/c21-15-9-18(22)19(23-10-15)13-1-3-16(4-2-13)28-11-14-5-8-27-12-17(14)20(6-7-20)24-29(25)26/h1-4,9-10,14,17,24H,5-8,11-12H2,(H,25,26)/p-1/t14-,17-/m1/s1. The van der Waals surface area contributed by atoms with Gasteiger partial charge in [0.2, 0.25) is 0 Å². The van der Waals surface area contributed by atoms with Crippen molar-refractivity contribution < 1.29 is 22.6 Å². The van der Waals surface area contributed by atoms with E-state index in [1.165, 1.54) is 12.3 Å². The van der Waals surface area contributed by atoms with Crippen molar-refractivity contribution in [3.05, 3.63) is 47.4 Å². The van der Waals surface area contributed by atoms with Crippen LogP contribution in [0.5, 0.6) is 5.75 Å². The van der Waals surface area contributed by atoms with Gasteiger partial charge < -0.3 is 14.0 Å². The molecule has 2 aliphatic rings. The number of pyridine rings is 1. The number of nitrogens with zero attached hydrogens (tertiary/aromatic N) is 1. The van der Waals surface area contributed by atoms with Gasteiger partial charge in [-0.3, -0.25) is 9.19 Å². The van der Waals surface area contributed by atoms with E-state index in [1.54, 1.807) is 24.3 Å². The molecule has 0 radical (unpaired) electrons. The van der Waals surface area contributed by atoms with Crippen molar-refractivity contribution in [3.8, 4) is 17.0 Å². The molecule has 9 heteroatoms. The normalized spacial score (nSPS) is 24.1. The maximum absolute atomic E-state index is 14.0. The molecule has 1 aromatic heterocycles. The summed E-state index contributed by atoms with van der Waals surface area (Å²) in [6, 6.07) is 8.28. The predicted octanol–water partition coefficient (Wildman–Crippen LogP) is 3.49. The number of rotatable bonds is 7. The fraction of sp³-hybridized carbons (Fsp3) is 0.450. The van der Waals surface area contributed by atoms with Crippen LogP contribution in [-0.2, 0) is 16.0 Å². The quantitative estimate of drug-likeness (QED) is 0.667. The Balaban J connectivity index is 1.41. The lowest BCUT2D eigenvalue weighted by atomic mass is 9.82. The summed E-state index contributed by atoms with van der Waals surface area (Å²) in [7, 11) is 0. The first-order valence-corrected chi connectivity index (χ1v) is 10.9. The van der Waals surface area contributed by atoms with Gasteiger partial charge in [-0.2, -0.15) is 0 Å². The third-order valence-electron chi connectivity index (χ3n) is 5.68. The minimum absolute atomic E-state index is 0.0841. The molecule has 0 spiro atoms. The van der Waals surface area contributed by atoms with Gasteiger partial charge in [0.15, 0.2) is 5.82 Å². The number of benzene rings is 1. The van der Waals surface area contributed by atoms with Crippen molar-refractivity contribution >= 4 is 22.9 Å². The number of halogens is 2.